The highest BCUT2D eigenvalue weighted by Gasteiger charge is 2.03. The van der Waals surface area contributed by atoms with Crippen LogP contribution < -0.4 is 11.1 Å². The Bertz CT molecular complexity index is 545. The molecule has 0 saturated carbocycles. The Morgan fingerprint density at radius 3 is 3.00 bits per heavy atom. The fourth-order valence-corrected chi connectivity index (χ4v) is 1.40. The van der Waals surface area contributed by atoms with E-state index in [-0.39, 0.29) is 0 Å². The van der Waals surface area contributed by atoms with E-state index < -0.39 is 0 Å². The predicted octanol–water partition coefficient (Wildman–Crippen LogP) is 1.54. The summed E-state index contributed by atoms with van der Waals surface area (Å²) in [6.45, 7) is 0.569. The van der Waals surface area contributed by atoms with Crippen molar-refractivity contribution < 1.29 is 0 Å². The van der Waals surface area contributed by atoms with Crippen molar-refractivity contribution in [1.82, 2.24) is 9.97 Å². The van der Waals surface area contributed by atoms with Crippen molar-refractivity contribution in [3.05, 3.63) is 47.9 Å². The van der Waals surface area contributed by atoms with E-state index in [1.807, 2.05) is 12.1 Å². The first kappa shape index (κ1) is 10.9. The van der Waals surface area contributed by atoms with Crippen LogP contribution in [0.15, 0.2) is 36.8 Å². The van der Waals surface area contributed by atoms with Gasteiger partial charge in [-0.05, 0) is 17.7 Å². The minimum Gasteiger partial charge on any atom is -0.397 e. The van der Waals surface area contributed by atoms with Crippen LogP contribution in [0.4, 0.5) is 11.5 Å². The fourth-order valence-electron chi connectivity index (χ4n) is 1.40. The molecule has 2 aromatic heterocycles. The van der Waals surface area contributed by atoms with Crippen LogP contribution in [0.2, 0.25) is 0 Å². The molecule has 0 aromatic carbocycles. The van der Waals surface area contributed by atoms with Crippen LogP contribution in [0, 0.1) is 11.3 Å². The van der Waals surface area contributed by atoms with Crippen LogP contribution in [0.5, 0.6) is 0 Å². The molecule has 84 valence electrons. The minimum atomic E-state index is 0.439. The summed E-state index contributed by atoms with van der Waals surface area (Å²) in [6.07, 6.45) is 4.99. The number of rotatable bonds is 3. The lowest BCUT2D eigenvalue weighted by atomic mass is 10.2. The van der Waals surface area contributed by atoms with Crippen LogP contribution in [0.1, 0.15) is 11.1 Å². The Labute approximate surface area is 98.9 Å². The SMILES string of the molecule is N#Cc1cc(N)cnc1NCc1cccnc1. The number of anilines is 2. The normalized spacial score (nSPS) is 9.59. The molecular weight excluding hydrogens is 214 g/mol. The van der Waals surface area contributed by atoms with Gasteiger partial charge in [-0.15, -0.1) is 0 Å². The Balaban J connectivity index is 2.12. The number of pyridine rings is 2. The van der Waals surface area contributed by atoms with E-state index in [2.05, 4.69) is 21.4 Å². The van der Waals surface area contributed by atoms with Crippen LogP contribution >= 0.6 is 0 Å². The number of nitriles is 1. The average Bonchev–Trinajstić information content (AvgIpc) is 2.38. The van der Waals surface area contributed by atoms with Crippen LogP contribution in [-0.2, 0) is 6.54 Å². The third kappa shape index (κ3) is 2.69. The lowest BCUT2D eigenvalue weighted by molar-refractivity contribution is 1.08. The molecule has 2 heterocycles. The fraction of sp³-hybridized carbons (Fsp3) is 0.0833. The summed E-state index contributed by atoms with van der Waals surface area (Å²) in [5.74, 6) is 0.533. The zero-order valence-electron chi connectivity index (χ0n) is 9.09. The number of nitrogen functional groups attached to an aromatic ring is 1. The summed E-state index contributed by atoms with van der Waals surface area (Å²) in [5.41, 5.74) is 7.50. The standard InChI is InChI=1S/C12H11N5/c13-5-10-4-11(14)8-17-12(10)16-7-9-2-1-3-15-6-9/h1-4,6,8H,7,14H2,(H,16,17). The van der Waals surface area contributed by atoms with Crippen molar-refractivity contribution >= 4 is 11.5 Å². The molecule has 5 nitrogen and oxygen atoms in total. The largest absolute Gasteiger partial charge is 0.397 e. The zero-order chi connectivity index (χ0) is 12.1. The van der Waals surface area contributed by atoms with Gasteiger partial charge in [-0.25, -0.2) is 4.98 Å². The second kappa shape index (κ2) is 4.94. The maximum atomic E-state index is 8.94. The van der Waals surface area contributed by atoms with Crippen molar-refractivity contribution in [2.45, 2.75) is 6.54 Å². The van der Waals surface area contributed by atoms with Gasteiger partial charge in [0.15, 0.2) is 0 Å². The number of hydrogen-bond acceptors (Lipinski definition) is 5. The number of nitrogens with two attached hydrogens (primary N) is 1. The first-order valence-electron chi connectivity index (χ1n) is 5.08. The molecule has 2 rings (SSSR count). The summed E-state index contributed by atoms with van der Waals surface area (Å²) in [6, 6.07) is 7.46. The maximum absolute atomic E-state index is 8.94. The van der Waals surface area contributed by atoms with Gasteiger partial charge in [-0.2, -0.15) is 5.26 Å². The van der Waals surface area contributed by atoms with Crippen LogP contribution in [0.3, 0.4) is 0 Å². The summed E-state index contributed by atoms with van der Waals surface area (Å²) in [5, 5.41) is 12.0. The van der Waals surface area contributed by atoms with Gasteiger partial charge in [0.1, 0.15) is 11.9 Å². The van der Waals surface area contributed by atoms with Crippen molar-refractivity contribution in [2.24, 2.45) is 0 Å². The molecule has 0 aliphatic carbocycles. The Kier molecular flexibility index (Phi) is 3.17. The van der Waals surface area contributed by atoms with Crippen LogP contribution in [0.25, 0.3) is 0 Å². The van der Waals surface area contributed by atoms with Gasteiger partial charge in [0.2, 0.25) is 0 Å². The molecule has 17 heavy (non-hydrogen) atoms. The van der Waals surface area contributed by atoms with Gasteiger partial charge >= 0.3 is 0 Å². The molecular formula is C12H11N5. The smallest absolute Gasteiger partial charge is 0.144 e. The lowest BCUT2D eigenvalue weighted by Gasteiger charge is -2.07. The zero-order valence-corrected chi connectivity index (χ0v) is 9.09. The quantitative estimate of drug-likeness (QED) is 0.827. The number of nitrogens with zero attached hydrogens (tertiary/aromatic N) is 3. The second-order valence-electron chi connectivity index (χ2n) is 3.49. The molecule has 0 bridgehead atoms. The van der Waals surface area contributed by atoms with Crippen molar-refractivity contribution in [1.29, 1.82) is 5.26 Å². The topological polar surface area (TPSA) is 87.6 Å². The minimum absolute atomic E-state index is 0.439. The summed E-state index contributed by atoms with van der Waals surface area (Å²) in [4.78, 5) is 8.09. The maximum Gasteiger partial charge on any atom is 0.144 e. The first-order valence-corrected chi connectivity index (χ1v) is 5.08. The molecule has 0 spiro atoms. The van der Waals surface area contributed by atoms with Gasteiger partial charge in [0.25, 0.3) is 0 Å². The summed E-state index contributed by atoms with van der Waals surface area (Å²) >= 11 is 0. The van der Waals surface area contributed by atoms with Gasteiger partial charge in [0, 0.05) is 18.9 Å². The van der Waals surface area contributed by atoms with E-state index in [9.17, 15) is 0 Å². The lowest BCUT2D eigenvalue weighted by Crippen LogP contribution is -2.04. The van der Waals surface area contributed by atoms with Gasteiger partial charge in [0.05, 0.1) is 17.4 Å². The summed E-state index contributed by atoms with van der Waals surface area (Å²) in [7, 11) is 0. The third-order valence-corrected chi connectivity index (χ3v) is 2.21. The molecule has 0 amide bonds. The van der Waals surface area contributed by atoms with E-state index in [0.29, 0.717) is 23.6 Å². The predicted molar refractivity (Wildman–Crippen MR) is 64.9 cm³/mol. The third-order valence-electron chi connectivity index (χ3n) is 2.21. The van der Waals surface area contributed by atoms with Crippen molar-refractivity contribution in [2.75, 3.05) is 11.1 Å². The van der Waals surface area contributed by atoms with E-state index in [1.165, 1.54) is 6.20 Å². The molecule has 0 fully saturated rings. The molecule has 0 aliphatic rings. The molecule has 0 unspecified atom stereocenters. The van der Waals surface area contributed by atoms with E-state index in [1.54, 1.807) is 18.5 Å². The highest BCUT2D eigenvalue weighted by Crippen LogP contribution is 2.14. The van der Waals surface area contributed by atoms with Gasteiger partial charge in [-0.1, -0.05) is 6.07 Å². The Morgan fingerprint density at radius 1 is 1.41 bits per heavy atom. The number of aromatic nitrogens is 2. The van der Waals surface area contributed by atoms with Crippen LogP contribution in [-0.4, -0.2) is 9.97 Å². The summed E-state index contributed by atoms with van der Waals surface area (Å²) < 4.78 is 0. The Morgan fingerprint density at radius 2 is 2.29 bits per heavy atom. The van der Waals surface area contributed by atoms with Crippen molar-refractivity contribution in [3.8, 4) is 6.07 Å². The van der Waals surface area contributed by atoms with E-state index in [4.69, 9.17) is 11.0 Å². The molecule has 0 aliphatic heterocycles. The number of hydrogen-bond donors (Lipinski definition) is 2. The highest BCUT2D eigenvalue weighted by atomic mass is 15.0. The number of nitrogens with one attached hydrogen (secondary N) is 1. The van der Waals surface area contributed by atoms with Crippen molar-refractivity contribution in [3.63, 3.8) is 0 Å². The monoisotopic (exact) mass is 225 g/mol. The van der Waals surface area contributed by atoms with E-state index >= 15 is 0 Å². The molecule has 0 atom stereocenters. The molecule has 2 aromatic rings. The Hall–Kier alpha value is -2.61. The second-order valence-corrected chi connectivity index (χ2v) is 3.49. The molecule has 0 radical (unpaired) electrons. The molecule has 3 N–H and O–H groups in total. The van der Waals surface area contributed by atoms with E-state index in [0.717, 1.165) is 5.56 Å². The first-order chi connectivity index (χ1) is 8.29. The highest BCUT2D eigenvalue weighted by molar-refractivity contribution is 5.57. The average molecular weight is 225 g/mol. The van der Waals surface area contributed by atoms with Gasteiger partial charge in [-0.3, -0.25) is 4.98 Å². The molecule has 5 heteroatoms. The molecule has 0 saturated heterocycles. The van der Waals surface area contributed by atoms with Gasteiger partial charge < -0.3 is 11.1 Å².